The largest absolute Gasteiger partial charge is 0.504 e. The third-order valence-corrected chi connectivity index (χ3v) is 4.07. The monoisotopic (exact) mass is 307 g/mol. The molecule has 1 aliphatic heterocycles. The molecule has 1 heterocycles. The molecule has 122 valence electrons. The number of phenolic OH excluding ortho intramolecular Hbond substituents is 2. The molecule has 4 N–H and O–H groups in total. The third kappa shape index (κ3) is 4.35. The van der Waals surface area contributed by atoms with Gasteiger partial charge in [0.15, 0.2) is 11.5 Å². The number of phenols is 2. The van der Waals surface area contributed by atoms with Gasteiger partial charge in [-0.2, -0.15) is 0 Å². The average molecular weight is 307 g/mol. The summed E-state index contributed by atoms with van der Waals surface area (Å²) >= 11 is 0. The molecule has 6 heteroatoms. The quantitative estimate of drug-likeness (QED) is 0.573. The molecule has 1 atom stereocenters. The maximum Gasteiger partial charge on any atom is 0.223 e. The summed E-state index contributed by atoms with van der Waals surface area (Å²) in [6, 6.07) is 4.94. The van der Waals surface area contributed by atoms with Crippen LogP contribution in [0, 0.1) is 0 Å². The van der Waals surface area contributed by atoms with Crippen LogP contribution in [-0.2, 0) is 11.2 Å². The summed E-state index contributed by atoms with van der Waals surface area (Å²) in [6.45, 7) is 3.31. The van der Waals surface area contributed by atoms with E-state index in [9.17, 15) is 15.0 Å². The van der Waals surface area contributed by atoms with Crippen molar-refractivity contribution in [1.29, 1.82) is 0 Å². The molecule has 1 unspecified atom stereocenters. The van der Waals surface area contributed by atoms with Gasteiger partial charge in [-0.1, -0.05) is 6.07 Å². The Morgan fingerprint density at radius 2 is 2.23 bits per heavy atom. The predicted octanol–water partition coefficient (Wildman–Crippen LogP) is 0.440. The summed E-state index contributed by atoms with van der Waals surface area (Å²) in [5.74, 6) is -0.126. The van der Waals surface area contributed by atoms with Crippen molar-refractivity contribution in [3.05, 3.63) is 23.8 Å². The molecule has 2 rings (SSSR count). The van der Waals surface area contributed by atoms with E-state index in [0.29, 0.717) is 12.8 Å². The van der Waals surface area contributed by atoms with Crippen molar-refractivity contribution in [2.75, 3.05) is 33.2 Å². The number of nitrogens with one attached hydrogen (secondary N) is 2. The van der Waals surface area contributed by atoms with Gasteiger partial charge in [-0.05, 0) is 44.1 Å². The standard InChI is InChI=1S/C16H25N3O3/c1-17-7-6-13-11-18-8-9-19(13)16(22)5-3-12-2-4-14(20)15(21)10-12/h2,4,10,13,17-18,20-21H,3,5-9,11H2,1H3. The van der Waals surface area contributed by atoms with Gasteiger partial charge in [0.25, 0.3) is 0 Å². The third-order valence-electron chi connectivity index (χ3n) is 4.07. The fourth-order valence-corrected chi connectivity index (χ4v) is 2.78. The van der Waals surface area contributed by atoms with E-state index < -0.39 is 0 Å². The van der Waals surface area contributed by atoms with Crippen LogP contribution in [0.4, 0.5) is 0 Å². The fraction of sp³-hybridized carbons (Fsp3) is 0.562. The summed E-state index contributed by atoms with van der Waals surface area (Å²) in [7, 11) is 1.92. The summed E-state index contributed by atoms with van der Waals surface area (Å²) in [6.07, 6.45) is 1.92. The van der Waals surface area contributed by atoms with Gasteiger partial charge in [0.2, 0.25) is 5.91 Å². The maximum absolute atomic E-state index is 12.5. The normalized spacial score (nSPS) is 18.4. The van der Waals surface area contributed by atoms with E-state index >= 15 is 0 Å². The van der Waals surface area contributed by atoms with Crippen molar-refractivity contribution < 1.29 is 15.0 Å². The molecule has 22 heavy (non-hydrogen) atoms. The minimum atomic E-state index is -0.140. The van der Waals surface area contributed by atoms with Crippen molar-refractivity contribution in [2.24, 2.45) is 0 Å². The van der Waals surface area contributed by atoms with E-state index in [4.69, 9.17) is 0 Å². The number of amides is 1. The van der Waals surface area contributed by atoms with Crippen LogP contribution < -0.4 is 10.6 Å². The Hall–Kier alpha value is -1.79. The lowest BCUT2D eigenvalue weighted by atomic mass is 10.1. The number of hydrogen-bond donors (Lipinski definition) is 4. The number of nitrogens with zero attached hydrogens (tertiary/aromatic N) is 1. The molecule has 1 saturated heterocycles. The minimum absolute atomic E-state index is 0.135. The molecule has 1 aromatic rings. The summed E-state index contributed by atoms with van der Waals surface area (Å²) in [5.41, 5.74) is 0.852. The van der Waals surface area contributed by atoms with E-state index in [1.807, 2.05) is 11.9 Å². The van der Waals surface area contributed by atoms with Crippen LogP contribution in [0.5, 0.6) is 11.5 Å². The van der Waals surface area contributed by atoms with Crippen molar-refractivity contribution in [3.63, 3.8) is 0 Å². The number of benzene rings is 1. The van der Waals surface area contributed by atoms with Gasteiger partial charge in [-0.25, -0.2) is 0 Å². The number of rotatable bonds is 6. The van der Waals surface area contributed by atoms with Gasteiger partial charge in [0.1, 0.15) is 0 Å². The van der Waals surface area contributed by atoms with Crippen LogP contribution in [0.25, 0.3) is 0 Å². The fourth-order valence-electron chi connectivity index (χ4n) is 2.78. The van der Waals surface area contributed by atoms with Crippen LogP contribution in [0.3, 0.4) is 0 Å². The molecule has 0 radical (unpaired) electrons. The second-order valence-electron chi connectivity index (χ2n) is 5.66. The summed E-state index contributed by atoms with van der Waals surface area (Å²) < 4.78 is 0. The first-order chi connectivity index (χ1) is 10.6. The van der Waals surface area contributed by atoms with Crippen molar-refractivity contribution in [2.45, 2.75) is 25.3 Å². The van der Waals surface area contributed by atoms with E-state index in [1.165, 1.54) is 12.1 Å². The zero-order valence-corrected chi connectivity index (χ0v) is 13.0. The lowest BCUT2D eigenvalue weighted by molar-refractivity contribution is -0.134. The highest BCUT2D eigenvalue weighted by atomic mass is 16.3. The first kappa shape index (κ1) is 16.6. The SMILES string of the molecule is CNCCC1CNCCN1C(=O)CCc1ccc(O)c(O)c1. The Balaban J connectivity index is 1.90. The lowest BCUT2D eigenvalue weighted by Gasteiger charge is -2.36. The number of piperazine rings is 1. The van der Waals surface area contributed by atoms with Gasteiger partial charge >= 0.3 is 0 Å². The number of aryl methyl sites for hydroxylation is 1. The van der Waals surface area contributed by atoms with Gasteiger partial charge in [-0.3, -0.25) is 4.79 Å². The Morgan fingerprint density at radius 3 is 2.95 bits per heavy atom. The van der Waals surface area contributed by atoms with E-state index in [0.717, 1.165) is 38.2 Å². The van der Waals surface area contributed by atoms with Crippen molar-refractivity contribution in [3.8, 4) is 11.5 Å². The number of carbonyl (C=O) groups is 1. The minimum Gasteiger partial charge on any atom is -0.504 e. The van der Waals surface area contributed by atoms with Crippen molar-refractivity contribution >= 4 is 5.91 Å². The zero-order chi connectivity index (χ0) is 15.9. The van der Waals surface area contributed by atoms with Crippen molar-refractivity contribution in [1.82, 2.24) is 15.5 Å². The second kappa shape index (κ2) is 8.00. The molecule has 0 bridgehead atoms. The zero-order valence-electron chi connectivity index (χ0n) is 13.0. The highest BCUT2D eigenvalue weighted by molar-refractivity contribution is 5.77. The smallest absolute Gasteiger partial charge is 0.223 e. The summed E-state index contributed by atoms with van der Waals surface area (Å²) in [5, 5.41) is 25.3. The molecule has 1 aliphatic rings. The average Bonchev–Trinajstić information content (AvgIpc) is 2.54. The number of carbonyl (C=O) groups excluding carboxylic acids is 1. The number of hydrogen-bond acceptors (Lipinski definition) is 5. The van der Waals surface area contributed by atoms with Crippen LogP contribution in [-0.4, -0.2) is 60.3 Å². The summed E-state index contributed by atoms with van der Waals surface area (Å²) in [4.78, 5) is 14.4. The Bertz CT molecular complexity index is 507. The predicted molar refractivity (Wildman–Crippen MR) is 85.0 cm³/mol. The Kier molecular flexibility index (Phi) is 6.03. The van der Waals surface area contributed by atoms with Crippen LogP contribution >= 0.6 is 0 Å². The molecule has 0 saturated carbocycles. The van der Waals surface area contributed by atoms with Gasteiger partial charge < -0.3 is 25.7 Å². The molecule has 0 aliphatic carbocycles. The van der Waals surface area contributed by atoms with Gasteiger partial charge in [-0.15, -0.1) is 0 Å². The second-order valence-corrected chi connectivity index (χ2v) is 5.66. The molecule has 0 aromatic heterocycles. The first-order valence-electron chi connectivity index (χ1n) is 7.77. The molecule has 1 aromatic carbocycles. The lowest BCUT2D eigenvalue weighted by Crippen LogP contribution is -2.54. The number of aromatic hydroxyl groups is 2. The first-order valence-corrected chi connectivity index (χ1v) is 7.77. The van der Waals surface area contributed by atoms with Crippen LogP contribution in [0.15, 0.2) is 18.2 Å². The van der Waals surface area contributed by atoms with Gasteiger partial charge in [0, 0.05) is 32.1 Å². The van der Waals surface area contributed by atoms with Crippen LogP contribution in [0.2, 0.25) is 0 Å². The molecular formula is C16H25N3O3. The van der Waals surface area contributed by atoms with Crippen LogP contribution in [0.1, 0.15) is 18.4 Å². The Morgan fingerprint density at radius 1 is 1.41 bits per heavy atom. The molecule has 1 fully saturated rings. The van der Waals surface area contributed by atoms with E-state index in [2.05, 4.69) is 10.6 Å². The molecule has 0 spiro atoms. The van der Waals surface area contributed by atoms with E-state index in [-0.39, 0.29) is 23.4 Å². The Labute approximate surface area is 131 Å². The molecule has 1 amide bonds. The molecular weight excluding hydrogens is 282 g/mol. The topological polar surface area (TPSA) is 84.8 Å². The van der Waals surface area contributed by atoms with Gasteiger partial charge in [0.05, 0.1) is 0 Å². The molecule has 6 nitrogen and oxygen atoms in total. The highest BCUT2D eigenvalue weighted by Crippen LogP contribution is 2.25. The highest BCUT2D eigenvalue weighted by Gasteiger charge is 2.25. The van der Waals surface area contributed by atoms with E-state index in [1.54, 1.807) is 6.07 Å². The maximum atomic E-state index is 12.5.